The van der Waals surface area contributed by atoms with E-state index in [4.69, 9.17) is 16.3 Å². The topological polar surface area (TPSA) is 88.1 Å². The highest BCUT2D eigenvalue weighted by Gasteiger charge is 2.27. The predicted molar refractivity (Wildman–Crippen MR) is 131 cm³/mol. The molecule has 1 amide bonds. The van der Waals surface area contributed by atoms with Gasteiger partial charge in [0, 0.05) is 5.02 Å². The number of carbonyl (C=O) groups is 1. The Kier molecular flexibility index (Phi) is 8.08. The Bertz CT molecular complexity index is 1210. The second-order valence-electron chi connectivity index (χ2n) is 7.10. The molecule has 1 N–H and O–H groups in total. The second-order valence-corrected chi connectivity index (χ2v) is 9.40. The van der Waals surface area contributed by atoms with Gasteiger partial charge in [-0.3, -0.25) is 9.10 Å². The van der Waals surface area contributed by atoms with Crippen molar-refractivity contribution in [3.63, 3.8) is 0 Å². The van der Waals surface area contributed by atoms with Gasteiger partial charge in [0.05, 0.1) is 23.4 Å². The summed E-state index contributed by atoms with van der Waals surface area (Å²) in [5.41, 5.74) is 4.37. The van der Waals surface area contributed by atoms with Crippen molar-refractivity contribution in [3.05, 3.63) is 88.9 Å². The molecule has 0 aromatic heterocycles. The van der Waals surface area contributed by atoms with Crippen LogP contribution in [0, 0.1) is 6.92 Å². The van der Waals surface area contributed by atoms with Crippen LogP contribution in [0.25, 0.3) is 0 Å². The van der Waals surface area contributed by atoms with Crippen molar-refractivity contribution >= 4 is 39.4 Å². The number of hydrogen-bond donors (Lipinski definition) is 1. The summed E-state index contributed by atoms with van der Waals surface area (Å²) in [4.78, 5) is 12.7. The highest BCUT2D eigenvalue weighted by atomic mass is 35.5. The summed E-state index contributed by atoms with van der Waals surface area (Å²) in [5.74, 6) is 0.140. The lowest BCUT2D eigenvalue weighted by Crippen LogP contribution is -2.39. The van der Waals surface area contributed by atoms with Crippen molar-refractivity contribution in [3.8, 4) is 5.75 Å². The summed E-state index contributed by atoms with van der Waals surface area (Å²) in [6.07, 6.45) is 1.47. The van der Waals surface area contributed by atoms with Gasteiger partial charge in [0.15, 0.2) is 0 Å². The van der Waals surface area contributed by atoms with Crippen molar-refractivity contribution < 1.29 is 17.9 Å². The second kappa shape index (κ2) is 11.0. The van der Waals surface area contributed by atoms with Gasteiger partial charge >= 0.3 is 0 Å². The zero-order valence-electron chi connectivity index (χ0n) is 18.2. The van der Waals surface area contributed by atoms with E-state index in [1.54, 1.807) is 60.7 Å². The van der Waals surface area contributed by atoms with Gasteiger partial charge in [0.1, 0.15) is 12.3 Å². The van der Waals surface area contributed by atoms with Crippen LogP contribution < -0.4 is 14.5 Å². The number of nitrogens with one attached hydrogen (secondary N) is 1. The smallest absolute Gasteiger partial charge is 0.264 e. The Labute approximate surface area is 198 Å². The Morgan fingerprint density at radius 2 is 1.67 bits per heavy atom. The molecule has 0 fully saturated rings. The van der Waals surface area contributed by atoms with E-state index in [-0.39, 0.29) is 4.90 Å². The number of carbonyl (C=O) groups excluding carboxylic acids is 1. The summed E-state index contributed by atoms with van der Waals surface area (Å²) in [6, 6.07) is 19.8. The van der Waals surface area contributed by atoms with Gasteiger partial charge in [-0.1, -0.05) is 29.3 Å². The average Bonchev–Trinajstić information content (AvgIpc) is 2.80. The molecule has 0 spiro atoms. The third-order valence-electron chi connectivity index (χ3n) is 4.60. The molecule has 0 heterocycles. The fourth-order valence-corrected chi connectivity index (χ4v) is 4.47. The minimum absolute atomic E-state index is 0.0775. The van der Waals surface area contributed by atoms with E-state index < -0.39 is 22.5 Å². The molecular weight excluding hydrogens is 462 g/mol. The maximum Gasteiger partial charge on any atom is 0.264 e. The van der Waals surface area contributed by atoms with Crippen LogP contribution >= 0.6 is 11.6 Å². The van der Waals surface area contributed by atoms with Crippen LogP contribution in [0.15, 0.2) is 82.8 Å². The van der Waals surface area contributed by atoms with Crippen molar-refractivity contribution in [1.29, 1.82) is 0 Å². The van der Waals surface area contributed by atoms with Crippen LogP contribution in [0.2, 0.25) is 5.02 Å². The predicted octanol–water partition coefficient (Wildman–Crippen LogP) is 4.39. The van der Waals surface area contributed by atoms with Crippen LogP contribution in [0.5, 0.6) is 5.75 Å². The standard InChI is InChI=1S/C24H24ClN3O4S/c1-3-32-22-12-6-19(7-13-22)16-26-27-24(29)17-28(21-10-8-20(25)9-11-21)33(30,31)23-14-4-18(2)5-15-23/h4-16H,3,17H2,1-2H3,(H,27,29)/b26-16-. The Hall–Kier alpha value is -3.36. The molecule has 3 rings (SSSR count). The number of aryl methyl sites for hydroxylation is 1. The van der Waals surface area contributed by atoms with E-state index >= 15 is 0 Å². The number of rotatable bonds is 9. The summed E-state index contributed by atoms with van der Waals surface area (Å²) in [6.45, 7) is 3.87. The van der Waals surface area contributed by atoms with Crippen LogP contribution in [-0.2, 0) is 14.8 Å². The molecule has 9 heteroatoms. The van der Waals surface area contributed by atoms with Gasteiger partial charge in [-0.15, -0.1) is 0 Å². The molecule has 0 atom stereocenters. The first-order valence-corrected chi connectivity index (χ1v) is 12.0. The van der Waals surface area contributed by atoms with Crippen LogP contribution in [-0.4, -0.2) is 33.7 Å². The molecule has 3 aromatic rings. The van der Waals surface area contributed by atoms with Crippen molar-refractivity contribution in [1.82, 2.24) is 5.43 Å². The molecular formula is C24H24ClN3O4S. The summed E-state index contributed by atoms with van der Waals surface area (Å²) >= 11 is 5.95. The minimum Gasteiger partial charge on any atom is -0.494 e. The summed E-state index contributed by atoms with van der Waals surface area (Å²) in [7, 11) is -4.00. The molecule has 0 aliphatic rings. The van der Waals surface area contributed by atoms with Crippen LogP contribution in [0.3, 0.4) is 0 Å². The molecule has 0 radical (unpaired) electrons. The molecule has 3 aromatic carbocycles. The molecule has 0 unspecified atom stereocenters. The molecule has 172 valence electrons. The fourth-order valence-electron chi connectivity index (χ4n) is 2.92. The van der Waals surface area contributed by atoms with E-state index in [2.05, 4.69) is 10.5 Å². The Morgan fingerprint density at radius 1 is 1.03 bits per heavy atom. The lowest BCUT2D eigenvalue weighted by molar-refractivity contribution is -0.119. The summed E-state index contributed by atoms with van der Waals surface area (Å²) < 4.78 is 33.0. The maximum atomic E-state index is 13.3. The zero-order valence-corrected chi connectivity index (χ0v) is 19.8. The highest BCUT2D eigenvalue weighted by molar-refractivity contribution is 7.92. The van der Waals surface area contributed by atoms with Gasteiger partial charge in [0.2, 0.25) is 0 Å². The first kappa shape index (κ1) is 24.3. The third-order valence-corrected chi connectivity index (χ3v) is 6.64. The van der Waals surface area contributed by atoms with E-state index in [1.165, 1.54) is 18.3 Å². The number of ether oxygens (including phenoxy) is 1. The largest absolute Gasteiger partial charge is 0.494 e. The normalized spacial score (nSPS) is 11.4. The number of sulfonamides is 1. The lowest BCUT2D eigenvalue weighted by atomic mass is 10.2. The molecule has 0 aliphatic heterocycles. The Morgan fingerprint density at radius 3 is 2.27 bits per heavy atom. The van der Waals surface area contributed by atoms with E-state index in [1.807, 2.05) is 13.8 Å². The quantitative estimate of drug-likeness (QED) is 0.359. The number of benzene rings is 3. The summed E-state index contributed by atoms with van der Waals surface area (Å²) in [5, 5.41) is 4.39. The molecule has 0 aliphatic carbocycles. The van der Waals surface area contributed by atoms with Gasteiger partial charge < -0.3 is 4.74 Å². The number of halogens is 1. The fraction of sp³-hybridized carbons (Fsp3) is 0.167. The number of amides is 1. The van der Waals surface area contributed by atoms with Crippen molar-refractivity contribution in [2.45, 2.75) is 18.7 Å². The molecule has 0 saturated heterocycles. The van der Waals surface area contributed by atoms with Crippen LogP contribution in [0.4, 0.5) is 5.69 Å². The van der Waals surface area contributed by atoms with Gasteiger partial charge in [-0.25, -0.2) is 13.8 Å². The van der Waals surface area contributed by atoms with E-state index in [9.17, 15) is 13.2 Å². The first-order valence-electron chi connectivity index (χ1n) is 10.2. The molecule has 0 saturated carbocycles. The van der Waals surface area contributed by atoms with E-state index in [0.29, 0.717) is 17.3 Å². The maximum absolute atomic E-state index is 13.3. The van der Waals surface area contributed by atoms with Crippen molar-refractivity contribution in [2.75, 3.05) is 17.5 Å². The molecule has 7 nitrogen and oxygen atoms in total. The number of nitrogens with zero attached hydrogens (tertiary/aromatic N) is 2. The SMILES string of the molecule is CCOc1ccc(/C=N\NC(=O)CN(c2ccc(Cl)cc2)S(=O)(=O)c2ccc(C)cc2)cc1. The number of anilines is 1. The first-order chi connectivity index (χ1) is 15.8. The van der Waals surface area contributed by atoms with E-state index in [0.717, 1.165) is 21.2 Å². The average molecular weight is 486 g/mol. The molecule has 0 bridgehead atoms. The minimum atomic E-state index is -4.00. The van der Waals surface area contributed by atoms with Crippen molar-refractivity contribution in [2.24, 2.45) is 5.10 Å². The third kappa shape index (κ3) is 6.57. The molecule has 33 heavy (non-hydrogen) atoms. The lowest BCUT2D eigenvalue weighted by Gasteiger charge is -2.23. The van der Waals surface area contributed by atoms with Gasteiger partial charge in [-0.05, 0) is 80.1 Å². The number of hydrogen-bond acceptors (Lipinski definition) is 5. The number of hydrazone groups is 1. The van der Waals surface area contributed by atoms with Crippen LogP contribution in [0.1, 0.15) is 18.1 Å². The monoisotopic (exact) mass is 485 g/mol. The van der Waals surface area contributed by atoms with Gasteiger partial charge in [0.25, 0.3) is 15.9 Å². The van der Waals surface area contributed by atoms with Gasteiger partial charge in [-0.2, -0.15) is 5.10 Å². The highest BCUT2D eigenvalue weighted by Crippen LogP contribution is 2.25. The zero-order chi connectivity index (χ0) is 23.8. The Balaban J connectivity index is 1.77.